The fraction of sp³-hybridized carbons (Fsp3) is 0.915. The van der Waals surface area contributed by atoms with Crippen LogP contribution in [-0.4, -0.2) is 34.9 Å². The largest absolute Gasteiger partial charge is 0.394 e. The number of allylic oxidation sites excluding steroid dienone is 3. The molecule has 374 valence electrons. The first-order chi connectivity index (χ1) is 31.2. The van der Waals surface area contributed by atoms with E-state index in [2.05, 4.69) is 31.3 Å². The van der Waals surface area contributed by atoms with E-state index in [1.807, 2.05) is 6.08 Å². The van der Waals surface area contributed by atoms with E-state index in [4.69, 9.17) is 0 Å². The molecule has 0 aliphatic heterocycles. The summed E-state index contributed by atoms with van der Waals surface area (Å²) in [6.45, 7) is 4.34. The minimum atomic E-state index is -0.860. The molecule has 0 aliphatic rings. The molecular weight excluding hydrogens is 771 g/mol. The van der Waals surface area contributed by atoms with E-state index < -0.39 is 12.1 Å². The number of amides is 1. The fourth-order valence-electron chi connectivity index (χ4n) is 9.26. The maximum Gasteiger partial charge on any atom is 0.220 e. The van der Waals surface area contributed by atoms with Gasteiger partial charge in [0.15, 0.2) is 0 Å². The lowest BCUT2D eigenvalue weighted by atomic mass is 10.0. The zero-order valence-electron chi connectivity index (χ0n) is 43.1. The van der Waals surface area contributed by atoms with Crippen molar-refractivity contribution in [2.45, 2.75) is 341 Å². The number of carbonyl (C=O) groups is 1. The maximum absolute atomic E-state index is 12.5. The molecule has 0 aromatic heterocycles. The highest BCUT2D eigenvalue weighted by Crippen LogP contribution is 2.18. The predicted molar refractivity (Wildman–Crippen MR) is 281 cm³/mol. The zero-order chi connectivity index (χ0) is 45.6. The summed E-state index contributed by atoms with van der Waals surface area (Å²) in [5.41, 5.74) is 0. The molecule has 3 N–H and O–H groups in total. The Balaban J connectivity index is 3.48. The zero-order valence-corrected chi connectivity index (χ0v) is 43.1. The molecule has 0 aromatic carbocycles. The SMILES string of the molecule is CCCCCCCCCCCCCCCCCCCCCCCCC/C=C/CC/C=C/C(O)C(CO)NC(=O)CCCCCCCCCCCCCCCCCCCCCCCC. The third-order valence-electron chi connectivity index (χ3n) is 13.7. The van der Waals surface area contributed by atoms with Gasteiger partial charge >= 0.3 is 0 Å². The van der Waals surface area contributed by atoms with Gasteiger partial charge in [-0.15, -0.1) is 0 Å². The smallest absolute Gasteiger partial charge is 0.220 e. The highest BCUT2D eigenvalue weighted by molar-refractivity contribution is 5.76. The van der Waals surface area contributed by atoms with Gasteiger partial charge in [-0.25, -0.2) is 0 Å². The number of aliphatic hydroxyl groups is 2. The quantitative estimate of drug-likeness (QED) is 0.0421. The van der Waals surface area contributed by atoms with Crippen molar-refractivity contribution in [2.75, 3.05) is 6.61 Å². The first-order valence-electron chi connectivity index (χ1n) is 29.1. The van der Waals surface area contributed by atoms with E-state index in [0.717, 1.165) is 32.1 Å². The highest BCUT2D eigenvalue weighted by Gasteiger charge is 2.18. The van der Waals surface area contributed by atoms with Gasteiger partial charge in [-0.05, 0) is 32.1 Å². The van der Waals surface area contributed by atoms with Crippen LogP contribution in [0.2, 0.25) is 0 Å². The highest BCUT2D eigenvalue weighted by atomic mass is 16.3. The van der Waals surface area contributed by atoms with Crippen LogP contribution in [0.4, 0.5) is 0 Å². The molecule has 0 rings (SSSR count). The van der Waals surface area contributed by atoms with E-state index in [9.17, 15) is 15.0 Å². The van der Waals surface area contributed by atoms with Gasteiger partial charge in [0.25, 0.3) is 0 Å². The van der Waals surface area contributed by atoms with Crippen LogP contribution in [-0.2, 0) is 4.79 Å². The lowest BCUT2D eigenvalue weighted by Gasteiger charge is -2.19. The van der Waals surface area contributed by atoms with Crippen molar-refractivity contribution < 1.29 is 15.0 Å². The molecule has 1 amide bonds. The molecule has 0 spiro atoms. The minimum absolute atomic E-state index is 0.0665. The van der Waals surface area contributed by atoms with E-state index in [1.165, 1.54) is 276 Å². The second-order valence-electron chi connectivity index (χ2n) is 20.1. The number of unbranched alkanes of at least 4 members (excludes halogenated alkanes) is 45. The number of hydrogen-bond acceptors (Lipinski definition) is 3. The molecule has 63 heavy (non-hydrogen) atoms. The molecule has 4 heteroatoms. The third kappa shape index (κ3) is 51.7. The van der Waals surface area contributed by atoms with E-state index in [0.29, 0.717) is 6.42 Å². The van der Waals surface area contributed by atoms with Crippen LogP contribution in [0.1, 0.15) is 328 Å². The van der Waals surface area contributed by atoms with Crippen LogP contribution >= 0.6 is 0 Å². The van der Waals surface area contributed by atoms with Crippen LogP contribution in [0.3, 0.4) is 0 Å². The fourth-order valence-corrected chi connectivity index (χ4v) is 9.26. The van der Waals surface area contributed by atoms with Gasteiger partial charge in [0.1, 0.15) is 0 Å². The second kappa shape index (κ2) is 55.2. The Hall–Kier alpha value is -1.13. The number of aliphatic hydroxyl groups excluding tert-OH is 2. The van der Waals surface area contributed by atoms with Crippen molar-refractivity contribution in [2.24, 2.45) is 0 Å². The number of nitrogens with one attached hydrogen (secondary N) is 1. The summed E-state index contributed by atoms with van der Waals surface area (Å²) < 4.78 is 0. The van der Waals surface area contributed by atoms with E-state index in [-0.39, 0.29) is 12.5 Å². The molecule has 0 heterocycles. The molecule has 0 radical (unpaired) electrons. The second-order valence-corrected chi connectivity index (χ2v) is 20.1. The van der Waals surface area contributed by atoms with Crippen molar-refractivity contribution in [1.29, 1.82) is 0 Å². The topological polar surface area (TPSA) is 69.6 Å². The predicted octanol–water partition coefficient (Wildman–Crippen LogP) is 19.1. The molecule has 0 saturated heterocycles. The lowest BCUT2D eigenvalue weighted by molar-refractivity contribution is -0.123. The first kappa shape index (κ1) is 61.9. The van der Waals surface area contributed by atoms with Gasteiger partial charge in [-0.1, -0.05) is 314 Å². The average Bonchev–Trinajstić information content (AvgIpc) is 3.29. The summed E-state index contributed by atoms with van der Waals surface area (Å²) >= 11 is 0. The third-order valence-corrected chi connectivity index (χ3v) is 13.7. The number of carbonyl (C=O) groups excluding carboxylic acids is 1. The molecule has 0 fully saturated rings. The normalized spacial score (nSPS) is 12.9. The molecular formula is C59H115NO3. The summed E-state index contributed by atoms with van der Waals surface area (Å²) in [5.74, 6) is -0.0665. The Kier molecular flexibility index (Phi) is 54.2. The first-order valence-corrected chi connectivity index (χ1v) is 29.1. The summed E-state index contributed by atoms with van der Waals surface area (Å²) in [6, 6.07) is -0.636. The van der Waals surface area contributed by atoms with Crippen molar-refractivity contribution in [1.82, 2.24) is 5.32 Å². The average molecular weight is 887 g/mol. The summed E-state index contributed by atoms with van der Waals surface area (Å²) in [4.78, 5) is 12.5. The number of hydrogen-bond donors (Lipinski definition) is 3. The van der Waals surface area contributed by atoms with E-state index in [1.54, 1.807) is 6.08 Å². The summed E-state index contributed by atoms with van der Waals surface area (Å²) in [5, 5.41) is 23.2. The van der Waals surface area contributed by atoms with Crippen molar-refractivity contribution >= 4 is 5.91 Å². The molecule has 4 nitrogen and oxygen atoms in total. The molecule has 2 atom stereocenters. The molecule has 2 unspecified atom stereocenters. The summed E-state index contributed by atoms with van der Waals surface area (Å²) in [7, 11) is 0. The van der Waals surface area contributed by atoms with Gasteiger partial charge in [0.05, 0.1) is 18.8 Å². The Morgan fingerprint density at radius 1 is 0.365 bits per heavy atom. The Morgan fingerprint density at radius 3 is 0.921 bits per heavy atom. The van der Waals surface area contributed by atoms with Crippen LogP contribution in [0.25, 0.3) is 0 Å². The monoisotopic (exact) mass is 886 g/mol. The lowest BCUT2D eigenvalue weighted by Crippen LogP contribution is -2.45. The van der Waals surface area contributed by atoms with Crippen molar-refractivity contribution in [3.8, 4) is 0 Å². The molecule has 0 bridgehead atoms. The Morgan fingerprint density at radius 2 is 0.619 bits per heavy atom. The van der Waals surface area contributed by atoms with Crippen LogP contribution in [0.15, 0.2) is 24.3 Å². The summed E-state index contributed by atoms with van der Waals surface area (Å²) in [6.07, 6.45) is 73.6. The van der Waals surface area contributed by atoms with E-state index >= 15 is 0 Å². The van der Waals surface area contributed by atoms with Crippen molar-refractivity contribution in [3.05, 3.63) is 24.3 Å². The van der Waals surface area contributed by atoms with Gasteiger partial charge in [-0.3, -0.25) is 4.79 Å². The van der Waals surface area contributed by atoms with Crippen LogP contribution < -0.4 is 5.32 Å². The van der Waals surface area contributed by atoms with Crippen molar-refractivity contribution in [3.63, 3.8) is 0 Å². The van der Waals surface area contributed by atoms with Gasteiger partial charge in [0, 0.05) is 6.42 Å². The molecule has 0 aliphatic carbocycles. The Bertz CT molecular complexity index is 916. The minimum Gasteiger partial charge on any atom is -0.394 e. The number of rotatable bonds is 54. The van der Waals surface area contributed by atoms with Crippen LogP contribution in [0, 0.1) is 0 Å². The molecule has 0 aromatic rings. The van der Waals surface area contributed by atoms with Gasteiger partial charge in [-0.2, -0.15) is 0 Å². The maximum atomic E-state index is 12.5. The standard InChI is InChI=1S/C59H115NO3/c1-3-5-7-9-11-13-15-17-19-21-23-25-27-28-29-30-31-32-33-34-36-38-40-42-44-46-48-50-52-54-58(62)57(56-61)60-59(63)55-53-51-49-47-45-43-41-39-37-35-26-24-22-20-18-16-14-12-10-8-6-4-2/h44,46,52,54,57-58,61-62H,3-43,45,47-51,53,55-56H2,1-2H3,(H,60,63)/b46-44+,54-52+. The van der Waals surface area contributed by atoms with Crippen LogP contribution in [0.5, 0.6) is 0 Å². The Labute approximate surface area is 396 Å². The van der Waals surface area contributed by atoms with Gasteiger partial charge in [0.2, 0.25) is 5.91 Å². The van der Waals surface area contributed by atoms with Gasteiger partial charge < -0.3 is 15.5 Å². The molecule has 0 saturated carbocycles.